The molecule has 160 valence electrons. The number of nitrogens with zero attached hydrogens (tertiary/aromatic N) is 5. The number of fused-ring (bicyclic) bond motifs is 1. The molecule has 2 aromatic heterocycles. The molecule has 2 aromatic rings. The number of unbranched alkanes of at least 4 members (excludes halogenated alkanes) is 2. The Bertz CT molecular complexity index is 846. The summed E-state index contributed by atoms with van der Waals surface area (Å²) in [6, 6.07) is 0. The molecule has 0 fully saturated rings. The predicted molar refractivity (Wildman–Crippen MR) is 112 cm³/mol. The summed E-state index contributed by atoms with van der Waals surface area (Å²) in [4.78, 5) is 41.1. The molecular weight excluding hydrogens is 370 g/mol. The first-order chi connectivity index (χ1) is 13.7. The lowest BCUT2D eigenvalue weighted by atomic mass is 9.90. The smallest absolute Gasteiger partial charge is 0.242 e. The lowest BCUT2D eigenvalue weighted by Crippen LogP contribution is -2.36. The highest BCUT2D eigenvalue weighted by Gasteiger charge is 2.30. The molecule has 8 nitrogen and oxygen atoms in total. The zero-order valence-corrected chi connectivity index (χ0v) is 18.5. The summed E-state index contributed by atoms with van der Waals surface area (Å²) < 4.78 is 6.77. The Kier molecular flexibility index (Phi) is 7.70. The Morgan fingerprint density at radius 3 is 2.24 bits per heavy atom. The molecule has 0 bridgehead atoms. The quantitative estimate of drug-likeness (QED) is 0.564. The molecule has 2 heterocycles. The molecule has 0 unspecified atom stereocenters. The molecule has 0 aromatic carbocycles. The van der Waals surface area contributed by atoms with E-state index in [1.165, 1.54) is 13.3 Å². The SMILES string of the molecule is CCCCN(CCCC)C(=O)Cn1c(C(=O)C(C)(C)C)nc2ncc(OC)nc21. The van der Waals surface area contributed by atoms with Crippen LogP contribution in [0, 0.1) is 5.41 Å². The second-order valence-electron chi connectivity index (χ2n) is 8.25. The van der Waals surface area contributed by atoms with Gasteiger partial charge in [0.05, 0.1) is 13.3 Å². The minimum atomic E-state index is -0.642. The number of hydrogen-bond donors (Lipinski definition) is 0. The Morgan fingerprint density at radius 1 is 1.10 bits per heavy atom. The predicted octanol–water partition coefficient (Wildman–Crippen LogP) is 3.49. The van der Waals surface area contributed by atoms with E-state index < -0.39 is 5.41 Å². The minimum Gasteiger partial charge on any atom is -0.480 e. The van der Waals surface area contributed by atoms with Crippen LogP contribution in [0.3, 0.4) is 0 Å². The van der Waals surface area contributed by atoms with Crippen LogP contribution < -0.4 is 4.74 Å². The van der Waals surface area contributed by atoms with Gasteiger partial charge in [-0.1, -0.05) is 47.5 Å². The van der Waals surface area contributed by atoms with Gasteiger partial charge in [-0.3, -0.25) is 14.2 Å². The first kappa shape index (κ1) is 22.8. The summed E-state index contributed by atoms with van der Waals surface area (Å²) in [6.07, 6.45) is 5.38. The second kappa shape index (κ2) is 9.80. The van der Waals surface area contributed by atoms with Gasteiger partial charge < -0.3 is 9.64 Å². The third-order valence-electron chi connectivity index (χ3n) is 4.74. The molecule has 0 saturated carbocycles. The van der Waals surface area contributed by atoms with Crippen LogP contribution in [0.25, 0.3) is 11.3 Å². The maximum atomic E-state index is 13.1. The van der Waals surface area contributed by atoms with Crippen molar-refractivity contribution >= 4 is 23.0 Å². The van der Waals surface area contributed by atoms with Crippen molar-refractivity contribution in [3.8, 4) is 5.88 Å². The van der Waals surface area contributed by atoms with E-state index in [1.54, 1.807) is 4.57 Å². The van der Waals surface area contributed by atoms with E-state index in [4.69, 9.17) is 4.74 Å². The number of carbonyl (C=O) groups excluding carboxylic acids is 2. The van der Waals surface area contributed by atoms with Crippen LogP contribution in [0.15, 0.2) is 6.20 Å². The zero-order valence-electron chi connectivity index (χ0n) is 18.5. The van der Waals surface area contributed by atoms with E-state index in [2.05, 4.69) is 28.8 Å². The van der Waals surface area contributed by atoms with Gasteiger partial charge in [-0.05, 0) is 12.8 Å². The maximum absolute atomic E-state index is 13.1. The number of carbonyl (C=O) groups is 2. The van der Waals surface area contributed by atoms with Crippen LogP contribution in [0.2, 0.25) is 0 Å². The Balaban J connectivity index is 2.47. The Morgan fingerprint density at radius 2 is 1.72 bits per heavy atom. The largest absolute Gasteiger partial charge is 0.480 e. The third kappa shape index (κ3) is 5.52. The summed E-state index contributed by atoms with van der Waals surface area (Å²) >= 11 is 0. The molecule has 1 amide bonds. The van der Waals surface area contributed by atoms with Crippen molar-refractivity contribution in [2.24, 2.45) is 5.41 Å². The fraction of sp³-hybridized carbons (Fsp3) is 0.667. The molecule has 0 aliphatic heterocycles. The fourth-order valence-corrected chi connectivity index (χ4v) is 2.93. The van der Waals surface area contributed by atoms with Gasteiger partial charge in [-0.25, -0.2) is 9.97 Å². The fourth-order valence-electron chi connectivity index (χ4n) is 2.93. The molecule has 0 aliphatic rings. The lowest BCUT2D eigenvalue weighted by molar-refractivity contribution is -0.132. The summed E-state index contributed by atoms with van der Waals surface area (Å²) in [5.74, 6) is 0.325. The summed E-state index contributed by atoms with van der Waals surface area (Å²) in [6.45, 7) is 11.1. The monoisotopic (exact) mass is 403 g/mol. The molecule has 29 heavy (non-hydrogen) atoms. The number of aromatic nitrogens is 4. The number of ether oxygens (including phenoxy) is 1. The van der Waals surface area contributed by atoms with Gasteiger partial charge in [0.25, 0.3) is 0 Å². The first-order valence-corrected chi connectivity index (χ1v) is 10.3. The number of amides is 1. The van der Waals surface area contributed by atoms with Crippen molar-refractivity contribution in [1.82, 2.24) is 24.4 Å². The Hall–Kier alpha value is -2.51. The highest BCUT2D eigenvalue weighted by Crippen LogP contribution is 2.24. The van der Waals surface area contributed by atoms with E-state index in [-0.39, 0.29) is 24.1 Å². The van der Waals surface area contributed by atoms with Crippen molar-refractivity contribution in [1.29, 1.82) is 0 Å². The Labute approximate surface area is 172 Å². The van der Waals surface area contributed by atoms with E-state index >= 15 is 0 Å². The molecule has 0 radical (unpaired) electrons. The normalized spacial score (nSPS) is 11.7. The van der Waals surface area contributed by atoms with Gasteiger partial charge in [0.2, 0.25) is 17.6 Å². The molecule has 2 rings (SSSR count). The number of rotatable bonds is 10. The highest BCUT2D eigenvalue weighted by molar-refractivity contribution is 5.99. The van der Waals surface area contributed by atoms with Crippen LogP contribution in [0.1, 0.15) is 70.9 Å². The first-order valence-electron chi connectivity index (χ1n) is 10.3. The molecule has 0 atom stereocenters. The van der Waals surface area contributed by atoms with E-state index in [0.29, 0.717) is 30.3 Å². The second-order valence-corrected chi connectivity index (χ2v) is 8.25. The molecular formula is C21H33N5O3. The molecule has 0 aliphatic carbocycles. The average Bonchev–Trinajstić information content (AvgIpc) is 3.03. The molecule has 0 N–H and O–H groups in total. The van der Waals surface area contributed by atoms with E-state index in [1.807, 2.05) is 25.7 Å². The van der Waals surface area contributed by atoms with Crippen molar-refractivity contribution < 1.29 is 14.3 Å². The standard InChI is InChI=1S/C21H33N5O3/c1-7-9-11-25(12-10-8-2)16(27)14-26-19(17(28)21(3,4)5)24-18-20(26)23-15(29-6)13-22-18/h13H,7-12,14H2,1-6H3. The number of hydrogen-bond acceptors (Lipinski definition) is 6. The van der Waals surface area contributed by atoms with E-state index in [9.17, 15) is 9.59 Å². The maximum Gasteiger partial charge on any atom is 0.242 e. The van der Waals surface area contributed by atoms with Crippen LogP contribution in [0.5, 0.6) is 5.88 Å². The van der Waals surface area contributed by atoms with Crippen molar-refractivity contribution in [2.45, 2.75) is 66.8 Å². The molecule has 0 spiro atoms. The van der Waals surface area contributed by atoms with Crippen molar-refractivity contribution in [3.63, 3.8) is 0 Å². The van der Waals surface area contributed by atoms with Crippen LogP contribution in [-0.2, 0) is 11.3 Å². The van der Waals surface area contributed by atoms with Gasteiger partial charge in [0.1, 0.15) is 6.54 Å². The molecule has 0 saturated heterocycles. The summed E-state index contributed by atoms with van der Waals surface area (Å²) in [5.41, 5.74) is 0.0761. The minimum absolute atomic E-state index is 0.00291. The van der Waals surface area contributed by atoms with Crippen LogP contribution in [0.4, 0.5) is 0 Å². The topological polar surface area (TPSA) is 90.2 Å². The van der Waals surface area contributed by atoms with Gasteiger partial charge in [-0.15, -0.1) is 0 Å². The highest BCUT2D eigenvalue weighted by atomic mass is 16.5. The van der Waals surface area contributed by atoms with Gasteiger partial charge in [0, 0.05) is 18.5 Å². The number of methoxy groups -OCH3 is 1. The van der Waals surface area contributed by atoms with Crippen molar-refractivity contribution in [2.75, 3.05) is 20.2 Å². The summed E-state index contributed by atoms with van der Waals surface area (Å²) in [5, 5.41) is 0. The van der Waals surface area contributed by atoms with Gasteiger partial charge >= 0.3 is 0 Å². The number of Topliss-reactive ketones (excluding diaryl/α,β-unsaturated/α-hetero) is 1. The van der Waals surface area contributed by atoms with E-state index in [0.717, 1.165) is 25.7 Å². The number of ketones is 1. The summed E-state index contributed by atoms with van der Waals surface area (Å²) in [7, 11) is 1.50. The zero-order chi connectivity index (χ0) is 21.6. The van der Waals surface area contributed by atoms with Crippen LogP contribution >= 0.6 is 0 Å². The molecule has 8 heteroatoms. The lowest BCUT2D eigenvalue weighted by Gasteiger charge is -2.23. The van der Waals surface area contributed by atoms with Gasteiger partial charge in [-0.2, -0.15) is 4.98 Å². The average molecular weight is 404 g/mol. The van der Waals surface area contributed by atoms with Crippen LogP contribution in [-0.4, -0.2) is 56.3 Å². The van der Waals surface area contributed by atoms with Crippen molar-refractivity contribution in [3.05, 3.63) is 12.0 Å². The third-order valence-corrected chi connectivity index (χ3v) is 4.74. The van der Waals surface area contributed by atoms with Gasteiger partial charge in [0.15, 0.2) is 17.1 Å². The number of imidazole rings is 1.